The van der Waals surface area contributed by atoms with Crippen molar-refractivity contribution in [3.63, 3.8) is 0 Å². The molecule has 4 rings (SSSR count). The van der Waals surface area contributed by atoms with Crippen LogP contribution >= 0.6 is 15.9 Å². The molecule has 0 saturated heterocycles. The monoisotopic (exact) mass is 445 g/mol. The third kappa shape index (κ3) is 3.89. The number of hydrogen-bond acceptors (Lipinski definition) is 2. The zero-order valence-corrected chi connectivity index (χ0v) is 17.8. The molecule has 3 nitrogen and oxygen atoms in total. The van der Waals surface area contributed by atoms with Gasteiger partial charge in [-0.1, -0.05) is 48.5 Å². The van der Waals surface area contributed by atoms with E-state index in [1.807, 2.05) is 91.9 Å². The predicted molar refractivity (Wildman–Crippen MR) is 122 cm³/mol. The van der Waals surface area contributed by atoms with Gasteiger partial charge in [-0.3, -0.25) is 9.69 Å². The Morgan fingerprint density at radius 3 is 2.34 bits per heavy atom. The zero-order chi connectivity index (χ0) is 20.4. The Morgan fingerprint density at radius 1 is 0.966 bits per heavy atom. The topological polar surface area (TPSA) is 29.5 Å². The molecule has 0 N–H and O–H groups in total. The van der Waals surface area contributed by atoms with E-state index in [2.05, 4.69) is 15.9 Å². The van der Waals surface area contributed by atoms with Gasteiger partial charge in [0.05, 0.1) is 18.5 Å². The molecule has 3 aromatic carbocycles. The summed E-state index contributed by atoms with van der Waals surface area (Å²) in [5.41, 5.74) is 5.40. The minimum Gasteiger partial charge on any atom is -0.497 e. The second-order valence-corrected chi connectivity index (χ2v) is 7.72. The number of carbonyl (C=O) groups excluding carboxylic acids is 1. The lowest BCUT2D eigenvalue weighted by molar-refractivity contribution is -0.113. The number of rotatable bonds is 4. The highest BCUT2D eigenvalue weighted by atomic mass is 79.9. The fraction of sp³-hybridized carbons (Fsp3) is 0.0800. The molecule has 144 valence electrons. The first kappa shape index (κ1) is 19.2. The van der Waals surface area contributed by atoms with Crippen LogP contribution in [0.2, 0.25) is 0 Å². The molecular formula is C25H20BrNO2. The van der Waals surface area contributed by atoms with Crippen molar-refractivity contribution in [3.05, 3.63) is 106 Å². The van der Waals surface area contributed by atoms with Crippen molar-refractivity contribution in [2.75, 3.05) is 12.0 Å². The average Bonchev–Trinajstić information content (AvgIpc) is 3.05. The van der Waals surface area contributed by atoms with Gasteiger partial charge < -0.3 is 4.74 Å². The van der Waals surface area contributed by atoms with Crippen LogP contribution in [0.1, 0.15) is 16.7 Å². The van der Waals surface area contributed by atoms with Crippen molar-refractivity contribution in [3.8, 4) is 5.75 Å². The lowest BCUT2D eigenvalue weighted by Crippen LogP contribution is -2.25. The van der Waals surface area contributed by atoms with Gasteiger partial charge in [0.25, 0.3) is 5.91 Å². The zero-order valence-electron chi connectivity index (χ0n) is 16.2. The Labute approximate surface area is 179 Å². The van der Waals surface area contributed by atoms with Crippen LogP contribution in [-0.2, 0) is 4.79 Å². The molecule has 0 saturated carbocycles. The van der Waals surface area contributed by atoms with Crippen LogP contribution < -0.4 is 9.64 Å². The quantitative estimate of drug-likeness (QED) is 0.444. The molecule has 1 heterocycles. The minimum atomic E-state index is -0.0516. The van der Waals surface area contributed by atoms with E-state index >= 15 is 0 Å². The summed E-state index contributed by atoms with van der Waals surface area (Å²) in [5, 5.41) is 0. The van der Waals surface area contributed by atoms with Crippen molar-refractivity contribution in [1.29, 1.82) is 0 Å². The van der Waals surface area contributed by atoms with Gasteiger partial charge in [0.2, 0.25) is 0 Å². The molecule has 0 aliphatic carbocycles. The number of aryl methyl sites for hydroxylation is 1. The fourth-order valence-corrected chi connectivity index (χ4v) is 4.02. The van der Waals surface area contributed by atoms with E-state index in [-0.39, 0.29) is 5.91 Å². The molecule has 4 heteroatoms. The number of amides is 1. The van der Waals surface area contributed by atoms with Crippen molar-refractivity contribution in [1.82, 2.24) is 0 Å². The standard InChI is InChI=1S/C25H20BrNO2/c1-17-8-13-23(22(26)14-17)27-24(19-6-4-3-5-7-19)16-20(25(27)28)15-18-9-11-21(29-2)12-10-18/h3-16H,1-2H3/b20-15+. The first-order valence-electron chi connectivity index (χ1n) is 9.30. The van der Waals surface area contributed by atoms with E-state index in [1.165, 1.54) is 0 Å². The van der Waals surface area contributed by atoms with E-state index in [1.54, 1.807) is 12.0 Å². The number of methoxy groups -OCH3 is 1. The molecule has 0 unspecified atom stereocenters. The van der Waals surface area contributed by atoms with Crippen molar-refractivity contribution in [2.45, 2.75) is 6.92 Å². The van der Waals surface area contributed by atoms with Gasteiger partial charge in [0.1, 0.15) is 5.75 Å². The van der Waals surface area contributed by atoms with Gasteiger partial charge in [-0.05, 0) is 76.0 Å². The second kappa shape index (κ2) is 8.10. The molecule has 0 spiro atoms. The van der Waals surface area contributed by atoms with E-state index < -0.39 is 0 Å². The van der Waals surface area contributed by atoms with Gasteiger partial charge in [0, 0.05) is 10.0 Å². The molecule has 3 aromatic rings. The highest BCUT2D eigenvalue weighted by Crippen LogP contribution is 2.39. The third-order valence-electron chi connectivity index (χ3n) is 4.83. The Morgan fingerprint density at radius 2 is 1.69 bits per heavy atom. The summed E-state index contributed by atoms with van der Waals surface area (Å²) < 4.78 is 6.11. The molecule has 1 amide bonds. The second-order valence-electron chi connectivity index (χ2n) is 6.86. The Hall–Kier alpha value is -3.11. The number of hydrogen-bond donors (Lipinski definition) is 0. The molecule has 0 bridgehead atoms. The lowest BCUT2D eigenvalue weighted by Gasteiger charge is -2.22. The lowest BCUT2D eigenvalue weighted by atomic mass is 10.1. The molecule has 0 aromatic heterocycles. The summed E-state index contributed by atoms with van der Waals surface area (Å²) >= 11 is 3.63. The Balaban J connectivity index is 1.81. The predicted octanol–water partition coefficient (Wildman–Crippen LogP) is 6.24. The van der Waals surface area contributed by atoms with E-state index in [0.29, 0.717) is 5.57 Å². The van der Waals surface area contributed by atoms with Crippen LogP contribution in [0.3, 0.4) is 0 Å². The maximum atomic E-state index is 13.4. The van der Waals surface area contributed by atoms with Gasteiger partial charge in [0.15, 0.2) is 0 Å². The number of anilines is 1. The number of halogens is 1. The molecule has 1 aliphatic rings. The summed E-state index contributed by atoms with van der Waals surface area (Å²) in [6, 6.07) is 23.7. The highest BCUT2D eigenvalue weighted by molar-refractivity contribution is 9.10. The fourth-order valence-electron chi connectivity index (χ4n) is 3.35. The third-order valence-corrected chi connectivity index (χ3v) is 5.47. The molecule has 29 heavy (non-hydrogen) atoms. The number of ether oxygens (including phenoxy) is 1. The molecule has 0 radical (unpaired) electrons. The number of carbonyl (C=O) groups is 1. The first-order chi connectivity index (χ1) is 14.1. The van der Waals surface area contributed by atoms with Crippen molar-refractivity contribution in [2.24, 2.45) is 0 Å². The molecular weight excluding hydrogens is 426 g/mol. The molecule has 0 fully saturated rings. The van der Waals surface area contributed by atoms with E-state index in [4.69, 9.17) is 4.74 Å². The minimum absolute atomic E-state index is 0.0516. The van der Waals surface area contributed by atoms with Gasteiger partial charge in [-0.2, -0.15) is 0 Å². The summed E-state index contributed by atoms with van der Waals surface area (Å²) in [7, 11) is 1.64. The van der Waals surface area contributed by atoms with E-state index in [9.17, 15) is 4.79 Å². The van der Waals surface area contributed by atoms with Crippen LogP contribution in [0.25, 0.3) is 11.8 Å². The van der Waals surface area contributed by atoms with E-state index in [0.717, 1.165) is 38.3 Å². The van der Waals surface area contributed by atoms with Crippen LogP contribution in [0, 0.1) is 6.92 Å². The smallest absolute Gasteiger partial charge is 0.262 e. The maximum Gasteiger partial charge on any atom is 0.262 e. The summed E-state index contributed by atoms with van der Waals surface area (Å²) in [5.74, 6) is 0.736. The molecule has 1 aliphatic heterocycles. The van der Waals surface area contributed by atoms with Crippen LogP contribution in [0.15, 0.2) is 88.9 Å². The molecule has 0 atom stereocenters. The van der Waals surface area contributed by atoms with Crippen molar-refractivity contribution < 1.29 is 9.53 Å². The van der Waals surface area contributed by atoms with Crippen LogP contribution in [0.5, 0.6) is 5.75 Å². The first-order valence-corrected chi connectivity index (χ1v) is 10.1. The largest absolute Gasteiger partial charge is 0.497 e. The summed E-state index contributed by atoms with van der Waals surface area (Å²) in [6.45, 7) is 2.03. The number of nitrogens with zero attached hydrogens (tertiary/aromatic N) is 1. The summed E-state index contributed by atoms with van der Waals surface area (Å²) in [6.07, 6.45) is 3.86. The Bertz CT molecular complexity index is 1120. The SMILES string of the molecule is COc1ccc(/C=C2\C=C(c3ccccc3)N(c3ccc(C)cc3Br)C2=O)cc1. The average molecular weight is 446 g/mol. The van der Waals surface area contributed by atoms with Crippen LogP contribution in [0.4, 0.5) is 5.69 Å². The highest BCUT2D eigenvalue weighted by Gasteiger charge is 2.31. The Kier molecular flexibility index (Phi) is 5.36. The summed E-state index contributed by atoms with van der Waals surface area (Å²) in [4.78, 5) is 15.2. The maximum absolute atomic E-state index is 13.4. The van der Waals surface area contributed by atoms with Gasteiger partial charge in [-0.25, -0.2) is 0 Å². The van der Waals surface area contributed by atoms with Crippen LogP contribution in [-0.4, -0.2) is 13.0 Å². The van der Waals surface area contributed by atoms with Gasteiger partial charge >= 0.3 is 0 Å². The normalized spacial score (nSPS) is 15.0. The number of benzene rings is 3. The van der Waals surface area contributed by atoms with Crippen molar-refractivity contribution >= 4 is 39.3 Å². The van der Waals surface area contributed by atoms with Gasteiger partial charge in [-0.15, -0.1) is 0 Å².